The van der Waals surface area contributed by atoms with Crippen LogP contribution in [0.1, 0.15) is 49.0 Å². The summed E-state index contributed by atoms with van der Waals surface area (Å²) in [6.45, 7) is 4.28. The maximum absolute atomic E-state index is 13.1. The third kappa shape index (κ3) is 4.91. The van der Waals surface area contributed by atoms with Crippen LogP contribution >= 0.6 is 0 Å². The number of imidazole rings is 1. The molecule has 2 aliphatic heterocycles. The van der Waals surface area contributed by atoms with E-state index in [1.165, 1.54) is 0 Å². The van der Waals surface area contributed by atoms with Crippen LogP contribution in [0.2, 0.25) is 0 Å². The number of aromatic nitrogens is 4. The van der Waals surface area contributed by atoms with Crippen molar-refractivity contribution in [1.82, 2.24) is 24.4 Å². The zero-order valence-corrected chi connectivity index (χ0v) is 21.0. The highest BCUT2D eigenvalue weighted by molar-refractivity contribution is 5.94. The number of rotatable bonds is 6. The molecule has 1 aromatic carbocycles. The highest BCUT2D eigenvalue weighted by atomic mass is 16.5. The molecule has 2 fully saturated rings. The van der Waals surface area contributed by atoms with Gasteiger partial charge in [0.25, 0.3) is 5.91 Å². The largest absolute Gasteiger partial charge is 0.494 e. The van der Waals surface area contributed by atoms with Crippen molar-refractivity contribution in [3.8, 4) is 5.75 Å². The number of carbonyl (C=O) groups is 1. The van der Waals surface area contributed by atoms with Crippen LogP contribution in [0.3, 0.4) is 0 Å². The van der Waals surface area contributed by atoms with Crippen molar-refractivity contribution in [2.45, 2.75) is 49.9 Å². The molecule has 2 aromatic heterocycles. The Morgan fingerprint density at radius 3 is 2.62 bits per heavy atom. The van der Waals surface area contributed by atoms with Crippen molar-refractivity contribution in [3.05, 3.63) is 36.2 Å². The van der Waals surface area contributed by atoms with Gasteiger partial charge in [-0.15, -0.1) is 0 Å². The highest BCUT2D eigenvalue weighted by Crippen LogP contribution is 2.44. The van der Waals surface area contributed by atoms with Gasteiger partial charge in [0.1, 0.15) is 11.3 Å². The molecule has 12 heteroatoms. The number of hydrogen-bond donors (Lipinski definition) is 4. The molecule has 1 spiro atoms. The van der Waals surface area contributed by atoms with Gasteiger partial charge in [-0.05, 0) is 57.0 Å². The van der Waals surface area contributed by atoms with E-state index in [1.54, 1.807) is 30.0 Å². The molecule has 2 saturated heterocycles. The van der Waals surface area contributed by atoms with Crippen LogP contribution in [0.15, 0.2) is 30.6 Å². The van der Waals surface area contributed by atoms with E-state index in [-0.39, 0.29) is 24.3 Å². The van der Waals surface area contributed by atoms with Gasteiger partial charge in [0.2, 0.25) is 5.95 Å². The zero-order valence-electron chi connectivity index (χ0n) is 21.0. The number of piperidine rings is 1. The van der Waals surface area contributed by atoms with E-state index < -0.39 is 17.2 Å². The fraction of sp³-hybridized carbons (Fsp3) is 0.520. The van der Waals surface area contributed by atoms with Gasteiger partial charge in [0.05, 0.1) is 36.8 Å². The van der Waals surface area contributed by atoms with E-state index in [1.807, 2.05) is 17.0 Å². The molecule has 0 bridgehead atoms. The lowest BCUT2D eigenvalue weighted by molar-refractivity contribution is -0.194. The van der Waals surface area contributed by atoms with Gasteiger partial charge in [-0.1, -0.05) is 0 Å². The van der Waals surface area contributed by atoms with Gasteiger partial charge >= 0.3 is 0 Å². The van der Waals surface area contributed by atoms with E-state index in [9.17, 15) is 9.90 Å². The summed E-state index contributed by atoms with van der Waals surface area (Å²) in [5.41, 5.74) is 17.1. The van der Waals surface area contributed by atoms with Crippen molar-refractivity contribution in [2.24, 2.45) is 5.73 Å². The Morgan fingerprint density at radius 2 is 1.95 bits per heavy atom. The number of benzene rings is 1. The maximum atomic E-state index is 13.1. The van der Waals surface area contributed by atoms with E-state index in [0.717, 1.165) is 12.2 Å². The van der Waals surface area contributed by atoms with Crippen LogP contribution in [0.4, 0.5) is 11.8 Å². The molecule has 0 aliphatic carbocycles. The number of carbonyl (C=O) groups excluding carboxylic acids is 1. The molecule has 0 saturated carbocycles. The van der Waals surface area contributed by atoms with Gasteiger partial charge in [0, 0.05) is 25.1 Å². The summed E-state index contributed by atoms with van der Waals surface area (Å²) in [6.07, 6.45) is 4.05. The van der Waals surface area contributed by atoms with Gasteiger partial charge in [-0.2, -0.15) is 9.97 Å². The molecule has 4 heterocycles. The van der Waals surface area contributed by atoms with E-state index in [0.29, 0.717) is 62.2 Å². The summed E-state index contributed by atoms with van der Waals surface area (Å²) < 4.78 is 13.8. The van der Waals surface area contributed by atoms with Crippen LogP contribution in [-0.4, -0.2) is 79.5 Å². The standard InChI is InChI=1S/C25H34N8O4/c1-24(35)14-25(37-13-18(24)33-15-29-19-20(27)30-23(28)31-21(19)33)7-10-32(11-8-25)22(34)16-3-5-17(6-4-16)36-12-2-9-26/h3-6,15,18,35H,2,7-14,26H2,1H3,(H4,27,28,30,31)/t18-,24-/m0/s1. The van der Waals surface area contributed by atoms with E-state index in [4.69, 9.17) is 26.7 Å². The zero-order chi connectivity index (χ0) is 26.2. The molecule has 12 nitrogen and oxygen atoms in total. The molecule has 3 aromatic rings. The Morgan fingerprint density at radius 1 is 1.22 bits per heavy atom. The Bertz CT molecular complexity index is 1270. The average Bonchev–Trinajstić information content (AvgIpc) is 3.28. The average molecular weight is 511 g/mol. The fourth-order valence-electron chi connectivity index (χ4n) is 5.41. The number of nitrogen functional groups attached to an aromatic ring is 2. The lowest BCUT2D eigenvalue weighted by Gasteiger charge is -2.51. The predicted octanol–water partition coefficient (Wildman–Crippen LogP) is 1.11. The van der Waals surface area contributed by atoms with Crippen molar-refractivity contribution in [2.75, 3.05) is 44.3 Å². The summed E-state index contributed by atoms with van der Waals surface area (Å²) in [5, 5.41) is 11.5. The van der Waals surface area contributed by atoms with Crippen molar-refractivity contribution < 1.29 is 19.4 Å². The number of likely N-dealkylation sites (tertiary alicyclic amines) is 1. The minimum atomic E-state index is -1.10. The molecule has 2 aliphatic rings. The molecule has 5 rings (SSSR count). The lowest BCUT2D eigenvalue weighted by atomic mass is 9.75. The van der Waals surface area contributed by atoms with Gasteiger partial charge < -0.3 is 41.2 Å². The number of nitrogens with two attached hydrogens (primary N) is 3. The summed E-state index contributed by atoms with van der Waals surface area (Å²) >= 11 is 0. The minimum absolute atomic E-state index is 0.0245. The van der Waals surface area contributed by atoms with Crippen molar-refractivity contribution in [3.63, 3.8) is 0 Å². The highest BCUT2D eigenvalue weighted by Gasteiger charge is 2.50. The fourth-order valence-corrected chi connectivity index (χ4v) is 5.41. The second-order valence-electron chi connectivity index (χ2n) is 10.1. The molecule has 1 amide bonds. The molecule has 0 unspecified atom stereocenters. The first kappa shape index (κ1) is 25.2. The topological polar surface area (TPSA) is 181 Å². The number of fused-ring (bicyclic) bond motifs is 1. The second-order valence-corrected chi connectivity index (χ2v) is 10.1. The number of anilines is 2. The molecule has 7 N–H and O–H groups in total. The lowest BCUT2D eigenvalue weighted by Crippen LogP contribution is -2.58. The third-order valence-corrected chi connectivity index (χ3v) is 7.43. The van der Waals surface area contributed by atoms with Gasteiger partial charge in [-0.25, -0.2) is 4.98 Å². The van der Waals surface area contributed by atoms with Crippen LogP contribution in [-0.2, 0) is 4.74 Å². The minimum Gasteiger partial charge on any atom is -0.494 e. The molecule has 198 valence electrons. The first-order valence-electron chi connectivity index (χ1n) is 12.6. The number of ether oxygens (including phenoxy) is 2. The van der Waals surface area contributed by atoms with Crippen molar-refractivity contribution >= 4 is 28.8 Å². The van der Waals surface area contributed by atoms with Gasteiger partial charge in [-0.3, -0.25) is 4.79 Å². The third-order valence-electron chi connectivity index (χ3n) is 7.43. The molecular weight excluding hydrogens is 476 g/mol. The number of amides is 1. The van der Waals surface area contributed by atoms with Crippen LogP contribution in [0.25, 0.3) is 11.2 Å². The Labute approximate surface area is 214 Å². The predicted molar refractivity (Wildman–Crippen MR) is 138 cm³/mol. The number of hydrogen-bond acceptors (Lipinski definition) is 10. The normalized spacial score (nSPS) is 23.4. The van der Waals surface area contributed by atoms with E-state index >= 15 is 0 Å². The second kappa shape index (κ2) is 9.77. The first-order chi connectivity index (χ1) is 17.7. The molecule has 2 atom stereocenters. The first-order valence-corrected chi connectivity index (χ1v) is 12.6. The summed E-state index contributed by atoms with van der Waals surface area (Å²) in [6, 6.07) is 6.76. The summed E-state index contributed by atoms with van der Waals surface area (Å²) in [4.78, 5) is 27.5. The number of aliphatic hydroxyl groups is 1. The van der Waals surface area contributed by atoms with Crippen LogP contribution < -0.4 is 21.9 Å². The maximum Gasteiger partial charge on any atom is 0.253 e. The van der Waals surface area contributed by atoms with E-state index in [2.05, 4.69) is 15.0 Å². The molecular formula is C25H34N8O4. The SMILES string of the molecule is C[C@]1(O)CC2(CCN(C(=O)c3ccc(OCCCN)cc3)CC2)OC[C@@H]1n1cnc2c(N)nc(N)nc21. The number of nitrogens with zero attached hydrogens (tertiary/aromatic N) is 5. The summed E-state index contributed by atoms with van der Waals surface area (Å²) in [7, 11) is 0. The van der Waals surface area contributed by atoms with Gasteiger partial charge in [0.15, 0.2) is 11.5 Å². The Kier molecular flexibility index (Phi) is 6.65. The van der Waals surface area contributed by atoms with Crippen molar-refractivity contribution in [1.29, 1.82) is 0 Å². The van der Waals surface area contributed by atoms with Crippen LogP contribution in [0, 0.1) is 0 Å². The Balaban J connectivity index is 1.23. The Hall–Kier alpha value is -3.48. The van der Waals surface area contributed by atoms with Crippen LogP contribution in [0.5, 0.6) is 5.75 Å². The summed E-state index contributed by atoms with van der Waals surface area (Å²) in [5.74, 6) is 0.936. The molecule has 0 radical (unpaired) electrons. The smallest absolute Gasteiger partial charge is 0.253 e. The quantitative estimate of drug-likeness (QED) is 0.351. The monoisotopic (exact) mass is 510 g/mol. The molecule has 37 heavy (non-hydrogen) atoms.